The van der Waals surface area contributed by atoms with Gasteiger partial charge in [0.15, 0.2) is 18.1 Å². The van der Waals surface area contributed by atoms with Crippen molar-refractivity contribution in [1.29, 1.82) is 0 Å². The van der Waals surface area contributed by atoms with Crippen LogP contribution < -0.4 is 19.5 Å². The van der Waals surface area contributed by atoms with Crippen LogP contribution in [0, 0.1) is 6.92 Å². The minimum Gasteiger partial charge on any atom is -0.493 e. The number of aryl methyl sites for hydroxylation is 1. The number of methoxy groups -OCH3 is 1. The molecule has 0 aromatic heterocycles. The number of ether oxygens (including phenoxy) is 3. The van der Waals surface area contributed by atoms with E-state index in [4.69, 9.17) is 14.2 Å². The van der Waals surface area contributed by atoms with Gasteiger partial charge in [-0.05, 0) is 37.6 Å². The topological polar surface area (TPSA) is 56.8 Å². The molecule has 1 N–H and O–H groups in total. The Balaban J connectivity index is 1.76. The molecule has 0 radical (unpaired) electrons. The molecule has 0 bridgehead atoms. The predicted octanol–water partition coefficient (Wildman–Crippen LogP) is 2.97. The van der Waals surface area contributed by atoms with Crippen LogP contribution in [0.3, 0.4) is 0 Å². The lowest BCUT2D eigenvalue weighted by Crippen LogP contribution is -2.39. The molecule has 2 rings (SSSR count). The summed E-state index contributed by atoms with van der Waals surface area (Å²) in [5, 5.41) is 2.85. The maximum absolute atomic E-state index is 12.0. The fraction of sp³-hybridized carbons (Fsp3) is 0.316. The van der Waals surface area contributed by atoms with E-state index in [9.17, 15) is 4.79 Å². The standard InChI is InChI=1S/C19H23NO4/c1-14-8-4-5-9-16(14)23-12-15(2)20-19(21)13-24-18-11-7-6-10-17(18)22-3/h4-11,15H,12-13H2,1-3H3,(H,20,21)/t15-/m1/s1. The fourth-order valence-corrected chi connectivity index (χ4v) is 2.17. The van der Waals surface area contributed by atoms with Crippen LogP contribution in [0.25, 0.3) is 0 Å². The first-order chi connectivity index (χ1) is 11.6. The van der Waals surface area contributed by atoms with Crippen LogP contribution in [0.1, 0.15) is 12.5 Å². The molecule has 0 saturated carbocycles. The smallest absolute Gasteiger partial charge is 0.258 e. The highest BCUT2D eigenvalue weighted by molar-refractivity contribution is 5.77. The van der Waals surface area contributed by atoms with Crippen LogP contribution in [0.2, 0.25) is 0 Å². The van der Waals surface area contributed by atoms with Gasteiger partial charge in [0, 0.05) is 0 Å². The molecular weight excluding hydrogens is 306 g/mol. The number of hydrogen-bond donors (Lipinski definition) is 1. The van der Waals surface area contributed by atoms with Crippen molar-refractivity contribution in [2.24, 2.45) is 0 Å². The zero-order valence-corrected chi connectivity index (χ0v) is 14.2. The zero-order chi connectivity index (χ0) is 17.4. The van der Waals surface area contributed by atoms with E-state index in [2.05, 4.69) is 5.32 Å². The SMILES string of the molecule is COc1ccccc1OCC(=O)N[C@H](C)COc1ccccc1C. The second kappa shape index (κ2) is 8.82. The van der Waals surface area contributed by atoms with E-state index in [1.165, 1.54) is 0 Å². The van der Waals surface area contributed by atoms with Gasteiger partial charge in [-0.15, -0.1) is 0 Å². The number of para-hydroxylation sites is 3. The molecule has 0 saturated heterocycles. The van der Waals surface area contributed by atoms with Gasteiger partial charge in [0.2, 0.25) is 0 Å². The maximum Gasteiger partial charge on any atom is 0.258 e. The van der Waals surface area contributed by atoms with Crippen molar-refractivity contribution in [3.8, 4) is 17.2 Å². The Labute approximate surface area is 142 Å². The van der Waals surface area contributed by atoms with Gasteiger partial charge in [-0.1, -0.05) is 30.3 Å². The average molecular weight is 329 g/mol. The van der Waals surface area contributed by atoms with Crippen molar-refractivity contribution in [3.63, 3.8) is 0 Å². The van der Waals surface area contributed by atoms with E-state index < -0.39 is 0 Å². The van der Waals surface area contributed by atoms with Crippen molar-refractivity contribution in [3.05, 3.63) is 54.1 Å². The first kappa shape index (κ1) is 17.7. The molecule has 0 aliphatic rings. The minimum absolute atomic E-state index is 0.0743. The molecule has 128 valence electrons. The van der Waals surface area contributed by atoms with E-state index in [-0.39, 0.29) is 18.6 Å². The molecule has 0 heterocycles. The Kier molecular flexibility index (Phi) is 6.49. The van der Waals surface area contributed by atoms with Gasteiger partial charge in [0.1, 0.15) is 12.4 Å². The Morgan fingerprint density at radius 3 is 2.29 bits per heavy atom. The number of carbonyl (C=O) groups excluding carboxylic acids is 1. The van der Waals surface area contributed by atoms with E-state index in [1.54, 1.807) is 19.2 Å². The molecule has 1 atom stereocenters. The summed E-state index contributed by atoms with van der Waals surface area (Å²) in [7, 11) is 1.56. The molecule has 5 nitrogen and oxygen atoms in total. The Hall–Kier alpha value is -2.69. The van der Waals surface area contributed by atoms with Crippen LogP contribution in [-0.2, 0) is 4.79 Å². The van der Waals surface area contributed by atoms with Gasteiger partial charge in [-0.3, -0.25) is 4.79 Å². The second-order valence-corrected chi connectivity index (χ2v) is 5.48. The zero-order valence-electron chi connectivity index (χ0n) is 14.2. The largest absolute Gasteiger partial charge is 0.493 e. The number of benzene rings is 2. The van der Waals surface area contributed by atoms with E-state index in [0.717, 1.165) is 11.3 Å². The van der Waals surface area contributed by atoms with Gasteiger partial charge in [-0.25, -0.2) is 0 Å². The monoisotopic (exact) mass is 329 g/mol. The lowest BCUT2D eigenvalue weighted by Gasteiger charge is -2.16. The summed E-state index contributed by atoms with van der Waals surface area (Å²) in [4.78, 5) is 12.0. The minimum atomic E-state index is -0.207. The molecule has 2 aromatic carbocycles. The number of rotatable bonds is 8. The van der Waals surface area contributed by atoms with E-state index >= 15 is 0 Å². The van der Waals surface area contributed by atoms with Crippen molar-refractivity contribution in [2.75, 3.05) is 20.3 Å². The van der Waals surface area contributed by atoms with E-state index in [0.29, 0.717) is 18.1 Å². The summed E-state index contributed by atoms with van der Waals surface area (Å²) < 4.78 is 16.4. The molecule has 0 aliphatic heterocycles. The summed E-state index contributed by atoms with van der Waals surface area (Å²) in [5.74, 6) is 1.76. The third-order valence-corrected chi connectivity index (χ3v) is 3.42. The highest BCUT2D eigenvalue weighted by Crippen LogP contribution is 2.25. The fourth-order valence-electron chi connectivity index (χ4n) is 2.17. The molecule has 24 heavy (non-hydrogen) atoms. The highest BCUT2D eigenvalue weighted by atomic mass is 16.5. The van der Waals surface area contributed by atoms with Crippen LogP contribution in [0.4, 0.5) is 0 Å². The van der Waals surface area contributed by atoms with Gasteiger partial charge >= 0.3 is 0 Å². The van der Waals surface area contributed by atoms with Crippen molar-refractivity contribution >= 4 is 5.91 Å². The van der Waals surface area contributed by atoms with Crippen molar-refractivity contribution < 1.29 is 19.0 Å². The molecular formula is C19H23NO4. The molecule has 1 amide bonds. The van der Waals surface area contributed by atoms with Gasteiger partial charge in [-0.2, -0.15) is 0 Å². The lowest BCUT2D eigenvalue weighted by atomic mass is 10.2. The Morgan fingerprint density at radius 2 is 1.62 bits per heavy atom. The van der Waals surface area contributed by atoms with Crippen molar-refractivity contribution in [1.82, 2.24) is 5.32 Å². The second-order valence-electron chi connectivity index (χ2n) is 5.48. The summed E-state index contributed by atoms with van der Waals surface area (Å²) in [6, 6.07) is 14.9. The predicted molar refractivity (Wildman–Crippen MR) is 92.8 cm³/mol. The molecule has 5 heteroatoms. The summed E-state index contributed by atoms with van der Waals surface area (Å²) in [6.07, 6.45) is 0. The first-order valence-corrected chi connectivity index (χ1v) is 7.83. The average Bonchev–Trinajstić information content (AvgIpc) is 2.59. The van der Waals surface area contributed by atoms with Gasteiger partial charge < -0.3 is 19.5 Å². The normalized spacial score (nSPS) is 11.5. The first-order valence-electron chi connectivity index (χ1n) is 7.83. The van der Waals surface area contributed by atoms with Crippen LogP contribution >= 0.6 is 0 Å². The Bertz CT molecular complexity index is 672. The third-order valence-electron chi connectivity index (χ3n) is 3.42. The quantitative estimate of drug-likeness (QED) is 0.809. The lowest BCUT2D eigenvalue weighted by molar-refractivity contribution is -0.123. The van der Waals surface area contributed by atoms with Crippen molar-refractivity contribution in [2.45, 2.75) is 19.9 Å². The van der Waals surface area contributed by atoms with E-state index in [1.807, 2.05) is 50.2 Å². The highest BCUT2D eigenvalue weighted by Gasteiger charge is 2.11. The van der Waals surface area contributed by atoms with Gasteiger partial charge in [0.05, 0.1) is 13.2 Å². The third kappa shape index (κ3) is 5.19. The summed E-state index contributed by atoms with van der Waals surface area (Å²) >= 11 is 0. The number of amides is 1. The molecule has 0 spiro atoms. The summed E-state index contributed by atoms with van der Waals surface area (Å²) in [6.45, 7) is 4.19. The maximum atomic E-state index is 12.0. The molecule has 0 fully saturated rings. The van der Waals surface area contributed by atoms with Crippen LogP contribution in [0.5, 0.6) is 17.2 Å². The molecule has 2 aromatic rings. The molecule has 0 aliphatic carbocycles. The van der Waals surface area contributed by atoms with Crippen LogP contribution in [0.15, 0.2) is 48.5 Å². The Morgan fingerprint density at radius 1 is 1.00 bits per heavy atom. The number of nitrogens with one attached hydrogen (secondary N) is 1. The summed E-state index contributed by atoms with van der Waals surface area (Å²) in [5.41, 5.74) is 1.07. The van der Waals surface area contributed by atoms with Gasteiger partial charge in [0.25, 0.3) is 5.91 Å². The number of carbonyl (C=O) groups is 1. The van der Waals surface area contributed by atoms with Crippen LogP contribution in [-0.4, -0.2) is 32.3 Å². The molecule has 0 unspecified atom stereocenters. The number of hydrogen-bond acceptors (Lipinski definition) is 4.